The Bertz CT molecular complexity index is 588. The summed E-state index contributed by atoms with van der Waals surface area (Å²) < 4.78 is 0. The summed E-state index contributed by atoms with van der Waals surface area (Å²) in [6.07, 6.45) is 3.36. The molecule has 0 saturated heterocycles. The van der Waals surface area contributed by atoms with Crippen molar-refractivity contribution in [1.82, 2.24) is 0 Å². The van der Waals surface area contributed by atoms with Crippen LogP contribution in [-0.4, -0.2) is 12.0 Å². The highest BCUT2D eigenvalue weighted by Crippen LogP contribution is 2.37. The van der Waals surface area contributed by atoms with Gasteiger partial charge in [-0.1, -0.05) is 26.0 Å². The van der Waals surface area contributed by atoms with E-state index in [2.05, 4.69) is 24.2 Å². The molecule has 0 fully saturated rings. The van der Waals surface area contributed by atoms with Crippen LogP contribution in [-0.2, 0) is 4.79 Å². The van der Waals surface area contributed by atoms with Gasteiger partial charge in [-0.2, -0.15) is 0 Å². The third kappa shape index (κ3) is 2.56. The molecule has 3 nitrogen and oxygen atoms in total. The molecule has 0 aromatic heterocycles. The Balaban J connectivity index is 0.00000133. The van der Waals surface area contributed by atoms with Gasteiger partial charge in [-0.3, -0.25) is 4.79 Å². The summed E-state index contributed by atoms with van der Waals surface area (Å²) in [7, 11) is 0. The molecule has 1 aromatic carbocycles. The highest BCUT2D eigenvalue weighted by Gasteiger charge is 2.34. The van der Waals surface area contributed by atoms with Crippen LogP contribution >= 0.6 is 0 Å². The molecule has 1 heterocycles. The van der Waals surface area contributed by atoms with Crippen molar-refractivity contribution in [3.05, 3.63) is 35.5 Å². The van der Waals surface area contributed by atoms with E-state index in [0.717, 1.165) is 29.1 Å². The third-order valence-corrected chi connectivity index (χ3v) is 3.50. The summed E-state index contributed by atoms with van der Waals surface area (Å²) in [5.41, 5.74) is 3.91. The van der Waals surface area contributed by atoms with E-state index in [9.17, 15) is 4.79 Å². The Morgan fingerprint density at radius 3 is 2.74 bits per heavy atom. The lowest BCUT2D eigenvalue weighted by atomic mass is 9.76. The average molecular weight is 277 g/mol. The topological polar surface area (TPSA) is 43.1 Å². The molecule has 1 aliphatic heterocycles. The smallest absolute Gasteiger partial charge is 0.227 e. The molecular formula is C15H17ClN2O. The Hall–Kier alpha value is -1.61. The second-order valence-electron chi connectivity index (χ2n) is 5.79. The van der Waals surface area contributed by atoms with Crippen molar-refractivity contribution in [2.24, 2.45) is 5.41 Å². The van der Waals surface area contributed by atoms with Gasteiger partial charge < -0.3 is 17.7 Å². The van der Waals surface area contributed by atoms with Crippen LogP contribution in [0, 0.1) is 5.41 Å². The van der Waals surface area contributed by atoms with Gasteiger partial charge in [0, 0.05) is 18.2 Å². The summed E-state index contributed by atoms with van der Waals surface area (Å²) in [5, 5.41) is 3.41. The van der Waals surface area contributed by atoms with Gasteiger partial charge in [0.15, 0.2) is 12.0 Å². The van der Waals surface area contributed by atoms with Crippen LogP contribution in [0.4, 0.5) is 11.4 Å². The predicted octanol–water partition coefficient (Wildman–Crippen LogP) is -1.46. The maximum atomic E-state index is 12.2. The van der Waals surface area contributed by atoms with Gasteiger partial charge in [-0.15, -0.1) is 0 Å². The van der Waals surface area contributed by atoms with Gasteiger partial charge >= 0.3 is 0 Å². The molecule has 2 aliphatic rings. The Kier molecular flexibility index (Phi) is 3.50. The van der Waals surface area contributed by atoms with Crippen LogP contribution in [0.5, 0.6) is 0 Å². The van der Waals surface area contributed by atoms with E-state index in [1.165, 1.54) is 0 Å². The number of hydrogen-bond donors (Lipinski definition) is 2. The van der Waals surface area contributed by atoms with Crippen LogP contribution < -0.4 is 22.7 Å². The van der Waals surface area contributed by atoms with Crippen molar-refractivity contribution in [2.75, 3.05) is 5.32 Å². The number of benzene rings is 1. The van der Waals surface area contributed by atoms with Crippen LogP contribution in [0.2, 0.25) is 0 Å². The summed E-state index contributed by atoms with van der Waals surface area (Å²) in [6, 6.07) is 8.01. The van der Waals surface area contributed by atoms with Crippen molar-refractivity contribution in [3.63, 3.8) is 0 Å². The molecule has 4 heteroatoms. The van der Waals surface area contributed by atoms with Crippen molar-refractivity contribution in [2.45, 2.75) is 26.7 Å². The normalized spacial score (nSPS) is 19.8. The molecule has 0 unspecified atom stereocenters. The first-order valence-electron chi connectivity index (χ1n) is 6.27. The van der Waals surface area contributed by atoms with E-state index < -0.39 is 0 Å². The number of anilines is 1. The molecule has 100 valence electrons. The minimum atomic E-state index is 0. The molecule has 3 rings (SSSR count). The number of fused-ring (bicyclic) bond motifs is 1. The van der Waals surface area contributed by atoms with Gasteiger partial charge in [0.05, 0.1) is 0 Å². The zero-order valence-corrected chi connectivity index (χ0v) is 11.8. The number of para-hydroxylation sites is 2. The number of ketones is 1. The first-order valence-corrected chi connectivity index (χ1v) is 6.27. The predicted molar refractivity (Wildman–Crippen MR) is 71.8 cm³/mol. The van der Waals surface area contributed by atoms with Gasteiger partial charge in [-0.05, 0) is 17.9 Å². The summed E-state index contributed by atoms with van der Waals surface area (Å²) in [4.78, 5) is 15.4. The largest absolute Gasteiger partial charge is 1.00 e. The number of rotatable bonds is 0. The van der Waals surface area contributed by atoms with Gasteiger partial charge in [0.2, 0.25) is 5.69 Å². The van der Waals surface area contributed by atoms with E-state index in [0.29, 0.717) is 6.42 Å². The lowest BCUT2D eigenvalue weighted by molar-refractivity contribution is -0.345. The first kappa shape index (κ1) is 13.8. The number of allylic oxidation sites excluding steroid dienone is 2. The molecule has 0 amide bonds. The van der Waals surface area contributed by atoms with E-state index in [1.54, 1.807) is 0 Å². The molecule has 1 aliphatic carbocycles. The minimum Gasteiger partial charge on any atom is -1.00 e. The summed E-state index contributed by atoms with van der Waals surface area (Å²) >= 11 is 0. The summed E-state index contributed by atoms with van der Waals surface area (Å²) in [6.45, 7) is 4.28. The molecule has 1 aromatic rings. The SMILES string of the molecule is CC1(C)CC(=O)C2=C(C1)Nc1ccccc1[NH+]=C2.[Cl-]. The van der Waals surface area contributed by atoms with E-state index in [1.807, 2.05) is 30.5 Å². The van der Waals surface area contributed by atoms with Gasteiger partial charge in [-0.25, -0.2) is 4.99 Å². The summed E-state index contributed by atoms with van der Waals surface area (Å²) in [5.74, 6) is 0.217. The standard InChI is InChI=1S/C15H16N2O.ClH/c1-15(2)7-13-10(14(18)8-15)9-16-11-5-3-4-6-12(11)17-13;/h3-6,9,17H,7-8H2,1-2H3;1H. The van der Waals surface area contributed by atoms with Crippen molar-refractivity contribution in [1.29, 1.82) is 0 Å². The van der Waals surface area contributed by atoms with E-state index in [-0.39, 0.29) is 23.6 Å². The molecule has 0 bridgehead atoms. The lowest BCUT2D eigenvalue weighted by Crippen LogP contribution is -3.00. The van der Waals surface area contributed by atoms with Crippen molar-refractivity contribution >= 4 is 23.4 Å². The monoisotopic (exact) mass is 276 g/mol. The molecule has 0 radical (unpaired) electrons. The van der Waals surface area contributed by atoms with E-state index in [4.69, 9.17) is 0 Å². The number of nitrogens with one attached hydrogen (secondary N) is 2. The zero-order valence-electron chi connectivity index (χ0n) is 11.1. The third-order valence-electron chi connectivity index (χ3n) is 3.50. The maximum Gasteiger partial charge on any atom is 0.227 e. The second-order valence-corrected chi connectivity index (χ2v) is 5.79. The Labute approximate surface area is 119 Å². The zero-order chi connectivity index (χ0) is 12.8. The molecule has 2 N–H and O–H groups in total. The van der Waals surface area contributed by atoms with Gasteiger partial charge in [0.25, 0.3) is 0 Å². The highest BCUT2D eigenvalue weighted by molar-refractivity contribution is 6.14. The number of hydrogen-bond acceptors (Lipinski definition) is 2. The molecule has 0 atom stereocenters. The van der Waals surface area contributed by atoms with Crippen molar-refractivity contribution < 1.29 is 22.2 Å². The van der Waals surface area contributed by atoms with Crippen LogP contribution in [0.3, 0.4) is 0 Å². The van der Waals surface area contributed by atoms with Gasteiger partial charge in [0.1, 0.15) is 11.3 Å². The number of carbonyl (C=O) groups excluding carboxylic acids is 1. The minimum absolute atomic E-state index is 0. The van der Waals surface area contributed by atoms with Crippen molar-refractivity contribution in [3.8, 4) is 0 Å². The number of halogens is 1. The van der Waals surface area contributed by atoms with Crippen LogP contribution in [0.15, 0.2) is 35.5 Å². The molecule has 19 heavy (non-hydrogen) atoms. The average Bonchev–Trinajstić information content (AvgIpc) is 2.46. The molecular weight excluding hydrogens is 260 g/mol. The fraction of sp³-hybridized carbons (Fsp3) is 0.333. The quantitative estimate of drug-likeness (QED) is 0.609. The second kappa shape index (κ2) is 4.82. The lowest BCUT2D eigenvalue weighted by Gasteiger charge is -2.30. The van der Waals surface area contributed by atoms with Crippen LogP contribution in [0.25, 0.3) is 0 Å². The fourth-order valence-electron chi connectivity index (χ4n) is 2.64. The molecule has 0 spiro atoms. The highest BCUT2D eigenvalue weighted by atomic mass is 35.5. The molecule has 0 saturated carbocycles. The Morgan fingerprint density at radius 2 is 1.95 bits per heavy atom. The van der Waals surface area contributed by atoms with E-state index >= 15 is 0 Å². The first-order chi connectivity index (χ1) is 8.55. The maximum absolute atomic E-state index is 12.2. The number of Topliss-reactive ketones (excluding diaryl/α,β-unsaturated/α-hetero) is 1. The fourth-order valence-corrected chi connectivity index (χ4v) is 2.64. The van der Waals surface area contributed by atoms with Crippen LogP contribution in [0.1, 0.15) is 26.7 Å². The Morgan fingerprint density at radius 1 is 1.21 bits per heavy atom. The number of carbonyl (C=O) groups is 1.